The Morgan fingerprint density at radius 2 is 2.11 bits per heavy atom. The molecule has 1 amide bonds. The van der Waals surface area contributed by atoms with Gasteiger partial charge in [0.1, 0.15) is 0 Å². The molecule has 0 heterocycles. The number of anilines is 1. The number of carbonyl (C=O) groups is 1. The topological polar surface area (TPSA) is 64.3 Å². The molecule has 0 bridgehead atoms. The maximum atomic E-state index is 12.1. The fourth-order valence-corrected chi connectivity index (χ4v) is 1.77. The third-order valence-electron chi connectivity index (χ3n) is 3.22. The summed E-state index contributed by atoms with van der Waals surface area (Å²) in [6.07, 6.45) is 0.902. The lowest BCUT2D eigenvalue weighted by Gasteiger charge is -2.24. The highest BCUT2D eigenvalue weighted by Gasteiger charge is 2.19. The highest BCUT2D eigenvalue weighted by Crippen LogP contribution is 2.19. The van der Waals surface area contributed by atoms with E-state index in [0.717, 1.165) is 12.0 Å². The summed E-state index contributed by atoms with van der Waals surface area (Å²) < 4.78 is 5.07. The van der Waals surface area contributed by atoms with E-state index < -0.39 is 0 Å². The molecule has 0 radical (unpaired) electrons. The normalized spacial score (nSPS) is 11.4. The Morgan fingerprint density at radius 1 is 1.42 bits per heavy atom. The smallest absolute Gasteiger partial charge is 0.251 e. The predicted octanol–water partition coefficient (Wildman–Crippen LogP) is 2.37. The summed E-state index contributed by atoms with van der Waals surface area (Å²) in [6, 6.07) is 5.38. The van der Waals surface area contributed by atoms with Crippen LogP contribution in [0.1, 0.15) is 36.2 Å². The van der Waals surface area contributed by atoms with Crippen molar-refractivity contribution in [3.63, 3.8) is 0 Å². The number of nitrogen functional groups attached to an aromatic ring is 1. The third kappa shape index (κ3) is 4.91. The van der Waals surface area contributed by atoms with Crippen LogP contribution in [0, 0.1) is 12.3 Å². The molecule has 4 heteroatoms. The number of amides is 1. The summed E-state index contributed by atoms with van der Waals surface area (Å²) >= 11 is 0. The molecule has 19 heavy (non-hydrogen) atoms. The van der Waals surface area contributed by atoms with Crippen LogP contribution in [0.3, 0.4) is 0 Å². The second-order valence-corrected chi connectivity index (χ2v) is 5.66. The van der Waals surface area contributed by atoms with Gasteiger partial charge in [-0.05, 0) is 36.5 Å². The molecule has 0 aliphatic heterocycles. The van der Waals surface area contributed by atoms with E-state index in [2.05, 4.69) is 19.2 Å². The van der Waals surface area contributed by atoms with Gasteiger partial charge in [0.05, 0.1) is 0 Å². The Bertz CT molecular complexity index is 442. The minimum atomic E-state index is -0.0738. The monoisotopic (exact) mass is 264 g/mol. The standard InChI is InChI=1S/C15H24N2O2/c1-11-5-6-12(16)9-13(11)14(18)17-10-15(2,3)7-8-19-4/h5-6,9H,7-8,10,16H2,1-4H3,(H,17,18). The van der Waals surface area contributed by atoms with Crippen LogP contribution in [0.5, 0.6) is 0 Å². The molecule has 0 saturated heterocycles. The van der Waals surface area contributed by atoms with E-state index in [-0.39, 0.29) is 11.3 Å². The van der Waals surface area contributed by atoms with Crippen LogP contribution in [0.15, 0.2) is 18.2 Å². The molecule has 0 aliphatic carbocycles. The summed E-state index contributed by atoms with van der Waals surface area (Å²) in [5.74, 6) is -0.0738. The van der Waals surface area contributed by atoms with Gasteiger partial charge in [-0.15, -0.1) is 0 Å². The second-order valence-electron chi connectivity index (χ2n) is 5.66. The van der Waals surface area contributed by atoms with Gasteiger partial charge in [-0.1, -0.05) is 19.9 Å². The zero-order valence-electron chi connectivity index (χ0n) is 12.2. The van der Waals surface area contributed by atoms with Crippen molar-refractivity contribution in [2.45, 2.75) is 27.2 Å². The fraction of sp³-hybridized carbons (Fsp3) is 0.533. The molecule has 1 aromatic carbocycles. The van der Waals surface area contributed by atoms with Gasteiger partial charge in [0.2, 0.25) is 0 Å². The van der Waals surface area contributed by atoms with Crippen LogP contribution in [0.2, 0.25) is 0 Å². The Balaban J connectivity index is 2.62. The minimum absolute atomic E-state index is 0.0138. The first kappa shape index (κ1) is 15.5. The molecule has 3 N–H and O–H groups in total. The van der Waals surface area contributed by atoms with E-state index >= 15 is 0 Å². The van der Waals surface area contributed by atoms with Crippen LogP contribution in [-0.2, 0) is 4.74 Å². The van der Waals surface area contributed by atoms with Crippen molar-refractivity contribution in [2.75, 3.05) is 26.0 Å². The Morgan fingerprint density at radius 3 is 2.74 bits per heavy atom. The number of nitrogens with one attached hydrogen (secondary N) is 1. The average molecular weight is 264 g/mol. The number of benzene rings is 1. The summed E-state index contributed by atoms with van der Waals surface area (Å²) in [4.78, 5) is 12.1. The third-order valence-corrected chi connectivity index (χ3v) is 3.22. The largest absolute Gasteiger partial charge is 0.399 e. The molecule has 0 unspecified atom stereocenters. The number of aryl methyl sites for hydroxylation is 1. The fourth-order valence-electron chi connectivity index (χ4n) is 1.77. The molecule has 1 aromatic rings. The number of nitrogens with two attached hydrogens (primary N) is 1. The first-order valence-corrected chi connectivity index (χ1v) is 6.49. The van der Waals surface area contributed by atoms with Gasteiger partial charge >= 0.3 is 0 Å². The van der Waals surface area contributed by atoms with Crippen molar-refractivity contribution in [3.8, 4) is 0 Å². The minimum Gasteiger partial charge on any atom is -0.399 e. The van der Waals surface area contributed by atoms with Crippen molar-refractivity contribution in [2.24, 2.45) is 5.41 Å². The lowest BCUT2D eigenvalue weighted by atomic mass is 9.89. The number of rotatable bonds is 6. The molecular weight excluding hydrogens is 240 g/mol. The van der Waals surface area contributed by atoms with Crippen molar-refractivity contribution in [1.29, 1.82) is 0 Å². The van der Waals surface area contributed by atoms with Crippen molar-refractivity contribution in [3.05, 3.63) is 29.3 Å². The molecule has 0 saturated carbocycles. The van der Waals surface area contributed by atoms with Gasteiger partial charge in [-0.2, -0.15) is 0 Å². The van der Waals surface area contributed by atoms with Gasteiger partial charge < -0.3 is 15.8 Å². The van der Waals surface area contributed by atoms with E-state index in [1.54, 1.807) is 19.2 Å². The van der Waals surface area contributed by atoms with E-state index in [0.29, 0.717) is 24.4 Å². The van der Waals surface area contributed by atoms with Crippen LogP contribution in [0.4, 0.5) is 5.69 Å². The number of hydrogen-bond acceptors (Lipinski definition) is 3. The molecule has 0 aromatic heterocycles. The van der Waals surface area contributed by atoms with E-state index in [1.165, 1.54) is 0 Å². The number of hydrogen-bond donors (Lipinski definition) is 2. The van der Waals surface area contributed by atoms with Gasteiger partial charge in [-0.25, -0.2) is 0 Å². The highest BCUT2D eigenvalue weighted by atomic mass is 16.5. The molecule has 0 fully saturated rings. The van der Waals surface area contributed by atoms with E-state index in [1.807, 2.05) is 13.0 Å². The summed E-state index contributed by atoms with van der Waals surface area (Å²) in [5, 5.41) is 2.97. The quantitative estimate of drug-likeness (QED) is 0.775. The van der Waals surface area contributed by atoms with Gasteiger partial charge in [0.25, 0.3) is 5.91 Å². The molecule has 106 valence electrons. The van der Waals surface area contributed by atoms with Crippen molar-refractivity contribution >= 4 is 11.6 Å². The number of carbonyl (C=O) groups excluding carboxylic acids is 1. The maximum Gasteiger partial charge on any atom is 0.251 e. The molecule has 0 atom stereocenters. The van der Waals surface area contributed by atoms with Crippen LogP contribution in [0.25, 0.3) is 0 Å². The molecule has 0 aliphatic rings. The first-order valence-electron chi connectivity index (χ1n) is 6.49. The molecule has 4 nitrogen and oxygen atoms in total. The lowest BCUT2D eigenvalue weighted by Crippen LogP contribution is -2.35. The summed E-state index contributed by atoms with van der Waals surface area (Å²) in [7, 11) is 1.69. The zero-order chi connectivity index (χ0) is 14.5. The second kappa shape index (κ2) is 6.57. The van der Waals surface area contributed by atoms with Crippen LogP contribution in [-0.4, -0.2) is 26.2 Å². The van der Waals surface area contributed by atoms with Gasteiger partial charge in [0, 0.05) is 31.5 Å². The van der Waals surface area contributed by atoms with Gasteiger partial charge in [-0.3, -0.25) is 4.79 Å². The van der Waals surface area contributed by atoms with Crippen LogP contribution < -0.4 is 11.1 Å². The zero-order valence-corrected chi connectivity index (χ0v) is 12.2. The number of ether oxygens (including phenoxy) is 1. The molecule has 0 spiro atoms. The molecular formula is C15H24N2O2. The Labute approximate surface area is 115 Å². The SMILES string of the molecule is COCCC(C)(C)CNC(=O)c1cc(N)ccc1C. The van der Waals surface area contributed by atoms with Gasteiger partial charge in [0.15, 0.2) is 0 Å². The summed E-state index contributed by atoms with van der Waals surface area (Å²) in [5.41, 5.74) is 7.91. The van der Waals surface area contributed by atoms with Crippen molar-refractivity contribution in [1.82, 2.24) is 5.32 Å². The lowest BCUT2D eigenvalue weighted by molar-refractivity contribution is 0.0920. The van der Waals surface area contributed by atoms with Crippen molar-refractivity contribution < 1.29 is 9.53 Å². The number of methoxy groups -OCH3 is 1. The van der Waals surface area contributed by atoms with E-state index in [4.69, 9.17) is 10.5 Å². The first-order chi connectivity index (χ1) is 8.85. The Kier molecular flexibility index (Phi) is 5.36. The Hall–Kier alpha value is -1.55. The predicted molar refractivity (Wildman–Crippen MR) is 78.2 cm³/mol. The van der Waals surface area contributed by atoms with Crippen LogP contribution >= 0.6 is 0 Å². The maximum absolute atomic E-state index is 12.1. The van der Waals surface area contributed by atoms with E-state index in [9.17, 15) is 4.79 Å². The highest BCUT2D eigenvalue weighted by molar-refractivity contribution is 5.96. The average Bonchev–Trinajstić information content (AvgIpc) is 2.36. The summed E-state index contributed by atoms with van der Waals surface area (Å²) in [6.45, 7) is 7.44. The molecule has 1 rings (SSSR count).